The van der Waals surface area contributed by atoms with Crippen molar-refractivity contribution in [2.45, 2.75) is 40.2 Å². The van der Waals surface area contributed by atoms with Crippen molar-refractivity contribution < 1.29 is 18.0 Å². The standard InChI is InChI=1S/C17H24N2O4S/c1-11-5-6-12(2)14(9-11)19-16(21)17(3,4)15(20)18-13-7-8-24(22,23)10-13/h5-6,9,13H,7-8,10H2,1-4H3,(H,18,20)(H,19,21). The Morgan fingerprint density at radius 3 is 2.42 bits per heavy atom. The van der Waals surface area contributed by atoms with Gasteiger partial charge in [0.05, 0.1) is 11.5 Å². The summed E-state index contributed by atoms with van der Waals surface area (Å²) in [6, 6.07) is 5.28. The van der Waals surface area contributed by atoms with Gasteiger partial charge in [-0.2, -0.15) is 0 Å². The highest BCUT2D eigenvalue weighted by molar-refractivity contribution is 7.91. The number of nitrogens with one attached hydrogen (secondary N) is 2. The van der Waals surface area contributed by atoms with Gasteiger partial charge in [0.1, 0.15) is 5.41 Å². The number of benzene rings is 1. The number of carbonyl (C=O) groups excluding carboxylic acids is 2. The van der Waals surface area contributed by atoms with Crippen molar-refractivity contribution in [3.63, 3.8) is 0 Å². The first-order valence-electron chi connectivity index (χ1n) is 7.91. The van der Waals surface area contributed by atoms with E-state index in [2.05, 4.69) is 10.6 Å². The lowest BCUT2D eigenvalue weighted by atomic mass is 9.90. The van der Waals surface area contributed by atoms with Crippen LogP contribution in [0.15, 0.2) is 18.2 Å². The molecule has 0 saturated carbocycles. The molecule has 0 bridgehead atoms. The minimum Gasteiger partial charge on any atom is -0.351 e. The van der Waals surface area contributed by atoms with Gasteiger partial charge >= 0.3 is 0 Å². The third-order valence-electron chi connectivity index (χ3n) is 4.34. The maximum Gasteiger partial charge on any atom is 0.239 e. The van der Waals surface area contributed by atoms with E-state index in [4.69, 9.17) is 0 Å². The summed E-state index contributed by atoms with van der Waals surface area (Å²) in [7, 11) is -3.08. The van der Waals surface area contributed by atoms with E-state index in [1.54, 1.807) is 0 Å². The number of sulfone groups is 1. The molecule has 2 N–H and O–H groups in total. The molecule has 2 rings (SSSR count). The Morgan fingerprint density at radius 2 is 1.83 bits per heavy atom. The molecule has 1 atom stereocenters. The van der Waals surface area contributed by atoms with Crippen molar-refractivity contribution in [1.29, 1.82) is 0 Å². The molecule has 0 radical (unpaired) electrons. The van der Waals surface area contributed by atoms with Crippen molar-refractivity contribution >= 4 is 27.3 Å². The van der Waals surface area contributed by atoms with Crippen molar-refractivity contribution in [3.8, 4) is 0 Å². The summed E-state index contributed by atoms with van der Waals surface area (Å²) in [5.74, 6) is -0.873. The van der Waals surface area contributed by atoms with Gasteiger partial charge < -0.3 is 10.6 Å². The van der Waals surface area contributed by atoms with E-state index in [0.29, 0.717) is 12.1 Å². The Labute approximate surface area is 142 Å². The molecule has 1 unspecified atom stereocenters. The summed E-state index contributed by atoms with van der Waals surface area (Å²) in [4.78, 5) is 25.0. The number of anilines is 1. The van der Waals surface area contributed by atoms with Gasteiger partial charge in [-0.15, -0.1) is 0 Å². The van der Waals surface area contributed by atoms with E-state index in [1.165, 1.54) is 13.8 Å². The summed E-state index contributed by atoms with van der Waals surface area (Å²) < 4.78 is 23.0. The molecular weight excluding hydrogens is 328 g/mol. The molecule has 0 aliphatic carbocycles. The molecule has 1 aromatic carbocycles. The van der Waals surface area contributed by atoms with Crippen LogP contribution in [0.2, 0.25) is 0 Å². The number of amides is 2. The zero-order chi connectivity index (χ0) is 18.1. The fourth-order valence-corrected chi connectivity index (χ4v) is 4.20. The first kappa shape index (κ1) is 18.4. The minimum absolute atomic E-state index is 0.0621. The second kappa shape index (κ2) is 6.55. The molecule has 1 heterocycles. The van der Waals surface area contributed by atoms with Gasteiger partial charge in [0.15, 0.2) is 9.84 Å². The Kier molecular flexibility index (Phi) is 5.03. The number of carbonyl (C=O) groups is 2. The average Bonchev–Trinajstić information content (AvgIpc) is 2.81. The van der Waals surface area contributed by atoms with Crippen LogP contribution in [-0.2, 0) is 19.4 Å². The Bertz CT molecular complexity index is 769. The second-order valence-corrected chi connectivity index (χ2v) is 9.20. The van der Waals surface area contributed by atoms with Crippen molar-refractivity contribution in [1.82, 2.24) is 5.32 Å². The molecule has 6 nitrogen and oxygen atoms in total. The summed E-state index contributed by atoms with van der Waals surface area (Å²) in [6.07, 6.45) is 0.392. The van der Waals surface area contributed by atoms with Gasteiger partial charge in [-0.1, -0.05) is 12.1 Å². The highest BCUT2D eigenvalue weighted by Crippen LogP contribution is 2.23. The first-order chi connectivity index (χ1) is 11.0. The van der Waals surface area contributed by atoms with Crippen molar-refractivity contribution in [3.05, 3.63) is 29.3 Å². The lowest BCUT2D eigenvalue weighted by Crippen LogP contribution is -2.48. The summed E-state index contributed by atoms with van der Waals surface area (Å²) in [5, 5.41) is 5.48. The number of aryl methyl sites for hydroxylation is 2. The molecule has 132 valence electrons. The predicted octanol–water partition coefficient (Wildman–Crippen LogP) is 1.57. The van der Waals surface area contributed by atoms with E-state index < -0.39 is 33.1 Å². The Hall–Kier alpha value is -1.89. The predicted molar refractivity (Wildman–Crippen MR) is 93.5 cm³/mol. The first-order valence-corrected chi connectivity index (χ1v) is 9.73. The summed E-state index contributed by atoms with van der Waals surface area (Å²) in [6.45, 7) is 6.87. The molecule has 1 saturated heterocycles. The number of hydrogen-bond donors (Lipinski definition) is 2. The van der Waals surface area contributed by atoms with Gasteiger partial charge in [-0.05, 0) is 51.3 Å². The molecule has 7 heteroatoms. The third kappa shape index (κ3) is 4.14. The molecule has 0 spiro atoms. The van der Waals surface area contributed by atoms with Crippen LogP contribution in [0.25, 0.3) is 0 Å². The quantitative estimate of drug-likeness (QED) is 0.805. The van der Waals surface area contributed by atoms with Crippen LogP contribution in [0.3, 0.4) is 0 Å². The SMILES string of the molecule is Cc1ccc(C)c(NC(=O)C(C)(C)C(=O)NC2CCS(=O)(=O)C2)c1. The van der Waals surface area contributed by atoms with Crippen LogP contribution in [0.4, 0.5) is 5.69 Å². The molecule has 1 fully saturated rings. The number of hydrogen-bond acceptors (Lipinski definition) is 4. The van der Waals surface area contributed by atoms with Gasteiger partial charge in [0, 0.05) is 11.7 Å². The second-order valence-electron chi connectivity index (χ2n) is 6.97. The number of rotatable bonds is 4. The van der Waals surface area contributed by atoms with Crippen LogP contribution in [0.1, 0.15) is 31.4 Å². The molecular formula is C17H24N2O4S. The maximum atomic E-state index is 12.6. The molecule has 1 aromatic rings. The van der Waals surface area contributed by atoms with Crippen LogP contribution in [-0.4, -0.2) is 37.8 Å². The van der Waals surface area contributed by atoms with E-state index in [-0.39, 0.29) is 11.5 Å². The summed E-state index contributed by atoms with van der Waals surface area (Å²) >= 11 is 0. The monoisotopic (exact) mass is 352 g/mol. The zero-order valence-electron chi connectivity index (χ0n) is 14.5. The van der Waals surface area contributed by atoms with E-state index in [1.807, 2.05) is 32.0 Å². The lowest BCUT2D eigenvalue weighted by Gasteiger charge is -2.25. The molecule has 1 aliphatic heterocycles. The summed E-state index contributed by atoms with van der Waals surface area (Å²) in [5.41, 5.74) is 1.29. The zero-order valence-corrected chi connectivity index (χ0v) is 15.3. The van der Waals surface area contributed by atoms with Gasteiger partial charge in [0.25, 0.3) is 0 Å². The van der Waals surface area contributed by atoms with Crippen LogP contribution >= 0.6 is 0 Å². The fraction of sp³-hybridized carbons (Fsp3) is 0.529. The van der Waals surface area contributed by atoms with Gasteiger partial charge in [0.2, 0.25) is 11.8 Å². The molecule has 24 heavy (non-hydrogen) atoms. The highest BCUT2D eigenvalue weighted by Gasteiger charge is 2.39. The smallest absolute Gasteiger partial charge is 0.239 e. The normalized spacial score (nSPS) is 19.8. The highest BCUT2D eigenvalue weighted by atomic mass is 32.2. The maximum absolute atomic E-state index is 12.6. The molecule has 1 aliphatic rings. The van der Waals surface area contributed by atoms with Crippen LogP contribution in [0, 0.1) is 19.3 Å². The van der Waals surface area contributed by atoms with Gasteiger partial charge in [-0.3, -0.25) is 9.59 Å². The fourth-order valence-electron chi connectivity index (χ4n) is 2.53. The topological polar surface area (TPSA) is 92.3 Å². The lowest BCUT2D eigenvalue weighted by molar-refractivity contribution is -0.138. The van der Waals surface area contributed by atoms with Crippen molar-refractivity contribution in [2.75, 3.05) is 16.8 Å². The van der Waals surface area contributed by atoms with Gasteiger partial charge in [-0.25, -0.2) is 8.42 Å². The average molecular weight is 352 g/mol. The molecule has 2 amide bonds. The Morgan fingerprint density at radius 1 is 1.17 bits per heavy atom. The van der Waals surface area contributed by atoms with Crippen LogP contribution < -0.4 is 10.6 Å². The van der Waals surface area contributed by atoms with Crippen molar-refractivity contribution in [2.24, 2.45) is 5.41 Å². The largest absolute Gasteiger partial charge is 0.351 e. The molecule has 0 aromatic heterocycles. The third-order valence-corrected chi connectivity index (χ3v) is 6.11. The van der Waals surface area contributed by atoms with E-state index >= 15 is 0 Å². The van der Waals surface area contributed by atoms with E-state index in [0.717, 1.165) is 11.1 Å². The van der Waals surface area contributed by atoms with E-state index in [9.17, 15) is 18.0 Å². The van der Waals surface area contributed by atoms with Crippen LogP contribution in [0.5, 0.6) is 0 Å². The Balaban J connectivity index is 2.06. The minimum atomic E-state index is -3.08.